The SMILES string of the molecule is C/C=N\C=C(/C)C1(NC)c2ccc(C#N)c(c2)COc2cccc(c2)-c2cc(=O)n(C)c3ccc1cc23. The number of likely N-dealkylation sites (N-methyl/N-ethyl adjacent to an activating group) is 1. The standard InChI is InChI=1S/C31H28N4O2/c1-5-34-18-20(2)31(33-3)24-10-9-22(17-32)23(13-24)19-37-26-8-6-7-21(14-26)27-16-30(36)35(4)29-12-11-25(31)15-28(27)29/h5-16,18,33H,19H2,1-4H3/b20-18+,34-5-. The highest BCUT2D eigenvalue weighted by Crippen LogP contribution is 2.40. The molecule has 1 aliphatic heterocycles. The van der Waals surface area contributed by atoms with Crippen molar-refractivity contribution in [2.45, 2.75) is 26.0 Å². The molecule has 0 radical (unpaired) electrons. The smallest absolute Gasteiger partial charge is 0.251 e. The number of benzene rings is 3. The molecular weight excluding hydrogens is 460 g/mol. The molecule has 1 N–H and O–H groups in total. The fourth-order valence-electron chi connectivity index (χ4n) is 5.29. The summed E-state index contributed by atoms with van der Waals surface area (Å²) in [4.78, 5) is 17.4. The van der Waals surface area contributed by atoms with Gasteiger partial charge in [0, 0.05) is 36.5 Å². The Balaban J connectivity index is 1.95. The summed E-state index contributed by atoms with van der Waals surface area (Å²) in [6.45, 7) is 4.17. The third-order valence-corrected chi connectivity index (χ3v) is 7.26. The van der Waals surface area contributed by atoms with Gasteiger partial charge in [-0.25, -0.2) is 0 Å². The number of aryl methyl sites for hydroxylation is 1. The lowest BCUT2D eigenvalue weighted by Crippen LogP contribution is -2.42. The predicted molar refractivity (Wildman–Crippen MR) is 148 cm³/mol. The van der Waals surface area contributed by atoms with E-state index in [-0.39, 0.29) is 12.2 Å². The number of hydrogen-bond acceptors (Lipinski definition) is 5. The summed E-state index contributed by atoms with van der Waals surface area (Å²) < 4.78 is 7.86. The summed E-state index contributed by atoms with van der Waals surface area (Å²) in [5, 5.41) is 14.4. The number of nitriles is 1. The van der Waals surface area contributed by atoms with E-state index in [1.807, 2.05) is 75.6 Å². The fourth-order valence-corrected chi connectivity index (χ4v) is 5.29. The second-order valence-electron chi connectivity index (χ2n) is 9.21. The maximum Gasteiger partial charge on any atom is 0.251 e. The van der Waals surface area contributed by atoms with Gasteiger partial charge >= 0.3 is 0 Å². The van der Waals surface area contributed by atoms with Crippen molar-refractivity contribution in [2.75, 3.05) is 7.05 Å². The Morgan fingerprint density at radius 2 is 1.92 bits per heavy atom. The monoisotopic (exact) mass is 488 g/mol. The lowest BCUT2D eigenvalue weighted by molar-refractivity contribution is 0.305. The molecule has 184 valence electrons. The molecule has 1 aliphatic rings. The Morgan fingerprint density at radius 3 is 2.68 bits per heavy atom. The van der Waals surface area contributed by atoms with E-state index >= 15 is 0 Å². The maximum absolute atomic E-state index is 12.9. The highest BCUT2D eigenvalue weighted by molar-refractivity contribution is 5.95. The molecular formula is C31H28N4O2. The molecule has 0 spiro atoms. The van der Waals surface area contributed by atoms with E-state index in [1.54, 1.807) is 23.9 Å². The molecule has 2 heterocycles. The Kier molecular flexibility index (Phi) is 6.24. The number of nitrogens with zero attached hydrogens (tertiary/aromatic N) is 3. The van der Waals surface area contributed by atoms with Crippen LogP contribution < -0.4 is 15.6 Å². The highest BCUT2D eigenvalue weighted by Gasteiger charge is 2.36. The van der Waals surface area contributed by atoms with Crippen molar-refractivity contribution >= 4 is 17.1 Å². The van der Waals surface area contributed by atoms with Crippen LogP contribution in [0.3, 0.4) is 0 Å². The molecule has 6 bridgehead atoms. The number of hydrogen-bond donors (Lipinski definition) is 1. The minimum absolute atomic E-state index is 0.0792. The molecule has 37 heavy (non-hydrogen) atoms. The van der Waals surface area contributed by atoms with Crippen LogP contribution in [0.5, 0.6) is 5.75 Å². The van der Waals surface area contributed by atoms with Crippen molar-refractivity contribution in [2.24, 2.45) is 12.0 Å². The molecule has 5 rings (SSSR count). The van der Waals surface area contributed by atoms with Crippen LogP contribution in [-0.2, 0) is 19.2 Å². The first-order valence-electron chi connectivity index (χ1n) is 12.2. The number of ether oxygens (including phenoxy) is 1. The van der Waals surface area contributed by atoms with Crippen molar-refractivity contribution in [1.82, 2.24) is 9.88 Å². The van der Waals surface area contributed by atoms with Gasteiger partial charge in [-0.3, -0.25) is 9.79 Å². The predicted octanol–water partition coefficient (Wildman–Crippen LogP) is 5.43. The molecule has 0 fully saturated rings. The number of fused-ring (bicyclic) bond motifs is 6. The minimum atomic E-state index is -0.748. The average molecular weight is 489 g/mol. The molecule has 0 saturated carbocycles. The van der Waals surface area contributed by atoms with Crippen LogP contribution in [0.1, 0.15) is 36.1 Å². The van der Waals surface area contributed by atoms with Gasteiger partial charge in [0.15, 0.2) is 0 Å². The second-order valence-corrected chi connectivity index (χ2v) is 9.21. The van der Waals surface area contributed by atoms with E-state index in [9.17, 15) is 10.1 Å². The summed E-state index contributed by atoms with van der Waals surface area (Å²) in [6.07, 6.45) is 3.61. The van der Waals surface area contributed by atoms with Crippen molar-refractivity contribution in [3.05, 3.63) is 111 Å². The van der Waals surface area contributed by atoms with Crippen molar-refractivity contribution in [3.8, 4) is 22.9 Å². The molecule has 0 saturated heterocycles. The normalized spacial score (nSPS) is 17.1. The average Bonchev–Trinajstić information content (AvgIpc) is 2.93. The summed E-state index contributed by atoms with van der Waals surface area (Å²) >= 11 is 0. The minimum Gasteiger partial charge on any atom is -0.489 e. The largest absolute Gasteiger partial charge is 0.489 e. The number of pyridine rings is 1. The molecule has 1 atom stereocenters. The van der Waals surface area contributed by atoms with Crippen LogP contribution in [0, 0.1) is 11.3 Å². The maximum atomic E-state index is 12.9. The summed E-state index contributed by atoms with van der Waals surface area (Å²) in [5.41, 5.74) is 6.04. The van der Waals surface area contributed by atoms with Gasteiger partial charge in [-0.15, -0.1) is 0 Å². The van der Waals surface area contributed by atoms with Crippen LogP contribution in [0.2, 0.25) is 0 Å². The third kappa shape index (κ3) is 3.94. The summed E-state index contributed by atoms with van der Waals surface area (Å²) in [5.74, 6) is 0.671. The van der Waals surface area contributed by atoms with E-state index in [4.69, 9.17) is 4.74 Å². The Morgan fingerprint density at radius 1 is 1.14 bits per heavy atom. The molecule has 3 aromatic carbocycles. The number of rotatable bonds is 3. The molecule has 0 aliphatic carbocycles. The van der Waals surface area contributed by atoms with E-state index in [0.29, 0.717) is 11.3 Å². The Hall–Kier alpha value is -4.47. The Bertz CT molecular complexity index is 1690. The quantitative estimate of drug-likeness (QED) is 0.390. The zero-order chi connectivity index (χ0) is 26.2. The first-order valence-corrected chi connectivity index (χ1v) is 12.2. The molecule has 6 heteroatoms. The van der Waals surface area contributed by atoms with Gasteiger partial charge < -0.3 is 14.6 Å². The van der Waals surface area contributed by atoms with E-state index in [0.717, 1.165) is 44.3 Å². The van der Waals surface area contributed by atoms with E-state index < -0.39 is 5.54 Å². The lowest BCUT2D eigenvalue weighted by Gasteiger charge is -2.36. The van der Waals surface area contributed by atoms with Crippen molar-refractivity contribution in [1.29, 1.82) is 5.26 Å². The van der Waals surface area contributed by atoms with Gasteiger partial charge in [0.1, 0.15) is 12.4 Å². The summed E-state index contributed by atoms with van der Waals surface area (Å²) in [6, 6.07) is 23.8. The number of aliphatic imine (C=N–C) groups is 1. The lowest BCUT2D eigenvalue weighted by atomic mass is 9.76. The van der Waals surface area contributed by atoms with Gasteiger partial charge in [-0.05, 0) is 85.1 Å². The van der Waals surface area contributed by atoms with Crippen LogP contribution in [0.25, 0.3) is 22.0 Å². The van der Waals surface area contributed by atoms with E-state index in [2.05, 4.69) is 28.5 Å². The van der Waals surface area contributed by atoms with Crippen LogP contribution >= 0.6 is 0 Å². The van der Waals surface area contributed by atoms with Gasteiger partial charge in [-0.1, -0.05) is 24.3 Å². The second kappa shape index (κ2) is 9.53. The topological polar surface area (TPSA) is 79.4 Å². The number of aromatic nitrogens is 1. The van der Waals surface area contributed by atoms with Crippen LogP contribution in [-0.4, -0.2) is 17.8 Å². The number of nitrogens with one attached hydrogen (secondary N) is 1. The highest BCUT2D eigenvalue weighted by atomic mass is 16.5. The molecule has 1 unspecified atom stereocenters. The molecule has 1 aromatic heterocycles. The Labute approximate surface area is 216 Å². The first-order chi connectivity index (χ1) is 17.9. The molecule has 6 nitrogen and oxygen atoms in total. The van der Waals surface area contributed by atoms with Crippen molar-refractivity contribution in [3.63, 3.8) is 0 Å². The van der Waals surface area contributed by atoms with Gasteiger partial charge in [0.05, 0.1) is 22.7 Å². The van der Waals surface area contributed by atoms with E-state index in [1.165, 1.54) is 0 Å². The zero-order valence-electron chi connectivity index (χ0n) is 21.4. The fraction of sp³-hybridized carbons (Fsp3) is 0.194. The third-order valence-electron chi connectivity index (χ3n) is 7.26. The van der Waals surface area contributed by atoms with Crippen molar-refractivity contribution < 1.29 is 4.74 Å². The first kappa shape index (κ1) is 24.2. The van der Waals surface area contributed by atoms with Gasteiger partial charge in [-0.2, -0.15) is 5.26 Å². The van der Waals surface area contributed by atoms with Gasteiger partial charge in [0.25, 0.3) is 5.56 Å². The zero-order valence-corrected chi connectivity index (χ0v) is 21.4. The van der Waals surface area contributed by atoms with Crippen LogP contribution in [0.4, 0.5) is 0 Å². The molecule has 4 aromatic rings. The molecule has 0 amide bonds. The van der Waals surface area contributed by atoms with Gasteiger partial charge in [0.2, 0.25) is 0 Å². The van der Waals surface area contributed by atoms with Crippen LogP contribution in [0.15, 0.2) is 88.3 Å². The summed E-state index contributed by atoms with van der Waals surface area (Å²) in [7, 11) is 3.72.